The molecule has 1 amide bonds. The molecule has 0 fully saturated rings. The summed E-state index contributed by atoms with van der Waals surface area (Å²) in [6.07, 6.45) is 4.97. The van der Waals surface area contributed by atoms with Crippen molar-refractivity contribution in [2.45, 2.75) is 44.9 Å². The molecular weight excluding hydrogens is 550 g/mol. The first kappa shape index (κ1) is 38.9. The zero-order valence-electron chi connectivity index (χ0n) is 24.1. The Bertz CT molecular complexity index is 547. The summed E-state index contributed by atoms with van der Waals surface area (Å²) in [6.45, 7) is 8.88. The lowest BCUT2D eigenvalue weighted by Crippen LogP contribution is -2.25. The Morgan fingerprint density at radius 1 is 0.475 bits per heavy atom. The Hall–Kier alpha value is -1.09. The maximum atomic E-state index is 11.3. The van der Waals surface area contributed by atoms with Crippen molar-refractivity contribution in [2.75, 3.05) is 118 Å². The fourth-order valence-corrected chi connectivity index (χ4v) is 3.19. The van der Waals surface area contributed by atoms with Gasteiger partial charge in [-0.15, -0.1) is 11.6 Å². The molecule has 0 aromatic rings. The molecule has 0 spiro atoms. The smallest absolute Gasteiger partial charge is 0.303 e. The summed E-state index contributed by atoms with van der Waals surface area (Å²) in [5.74, 6) is -0.504. The van der Waals surface area contributed by atoms with Crippen molar-refractivity contribution in [3.05, 3.63) is 0 Å². The van der Waals surface area contributed by atoms with Crippen LogP contribution in [0.1, 0.15) is 44.9 Å². The molecule has 0 aliphatic rings. The number of unbranched alkanes of at least 4 members (excludes halogenated alkanes) is 3. The van der Waals surface area contributed by atoms with Crippen molar-refractivity contribution < 1.29 is 52.6 Å². The summed E-state index contributed by atoms with van der Waals surface area (Å²) in [5.41, 5.74) is 0. The van der Waals surface area contributed by atoms with Crippen LogP contribution in [0.5, 0.6) is 0 Å². The van der Waals surface area contributed by atoms with Crippen molar-refractivity contribution in [1.82, 2.24) is 5.32 Å². The molecule has 13 heteroatoms. The molecule has 0 aliphatic heterocycles. The number of amides is 1. The van der Waals surface area contributed by atoms with E-state index in [-0.39, 0.29) is 18.7 Å². The fourth-order valence-electron chi connectivity index (χ4n) is 3.00. The summed E-state index contributed by atoms with van der Waals surface area (Å²) in [5, 5.41) is 11.2. The number of carboxylic acid groups (broad SMARTS) is 1. The highest BCUT2D eigenvalue weighted by Crippen LogP contribution is 2.01. The van der Waals surface area contributed by atoms with Gasteiger partial charge in [-0.3, -0.25) is 9.59 Å². The van der Waals surface area contributed by atoms with E-state index >= 15 is 0 Å². The third-order valence-corrected chi connectivity index (χ3v) is 5.40. The van der Waals surface area contributed by atoms with E-state index in [9.17, 15) is 9.59 Å². The second kappa shape index (κ2) is 34.1. The van der Waals surface area contributed by atoms with Crippen LogP contribution < -0.4 is 5.32 Å². The number of alkyl halides is 1. The van der Waals surface area contributed by atoms with E-state index in [0.29, 0.717) is 112 Å². The lowest BCUT2D eigenvalue weighted by molar-refractivity contribution is -0.138. The summed E-state index contributed by atoms with van der Waals surface area (Å²) in [7, 11) is 0. The predicted molar refractivity (Wildman–Crippen MR) is 150 cm³/mol. The van der Waals surface area contributed by atoms with Crippen molar-refractivity contribution in [2.24, 2.45) is 0 Å². The SMILES string of the molecule is O=C(O)CCC(=O)NCCCOCCOCCOCCOCCOCCOCCOCCOCCCCCCCl. The molecule has 0 radical (unpaired) electrons. The Labute approximate surface area is 244 Å². The lowest BCUT2D eigenvalue weighted by Gasteiger charge is -2.09. The molecule has 0 bridgehead atoms. The van der Waals surface area contributed by atoms with Gasteiger partial charge in [-0.1, -0.05) is 12.8 Å². The summed E-state index contributed by atoms with van der Waals surface area (Å²) < 4.78 is 43.6. The van der Waals surface area contributed by atoms with Crippen molar-refractivity contribution in [1.29, 1.82) is 0 Å². The van der Waals surface area contributed by atoms with Crippen LogP contribution in [0, 0.1) is 0 Å². The normalized spacial score (nSPS) is 11.2. The van der Waals surface area contributed by atoms with Crippen LogP contribution in [0.15, 0.2) is 0 Å². The first-order chi connectivity index (χ1) is 19.7. The van der Waals surface area contributed by atoms with E-state index in [1.54, 1.807) is 0 Å². The molecule has 0 rings (SSSR count). The van der Waals surface area contributed by atoms with Gasteiger partial charge in [0.25, 0.3) is 0 Å². The molecule has 0 saturated heterocycles. The second-order valence-corrected chi connectivity index (χ2v) is 8.98. The van der Waals surface area contributed by atoms with E-state index in [1.165, 1.54) is 6.42 Å². The van der Waals surface area contributed by atoms with Crippen LogP contribution in [0.3, 0.4) is 0 Å². The molecule has 12 nitrogen and oxygen atoms in total. The van der Waals surface area contributed by atoms with Crippen LogP contribution in [0.4, 0.5) is 0 Å². The van der Waals surface area contributed by atoms with Gasteiger partial charge in [-0.05, 0) is 19.3 Å². The molecule has 40 heavy (non-hydrogen) atoms. The first-order valence-corrected chi connectivity index (χ1v) is 14.9. The Balaban J connectivity index is 3.07. The van der Waals surface area contributed by atoms with Gasteiger partial charge in [0.15, 0.2) is 0 Å². The van der Waals surface area contributed by atoms with Crippen LogP contribution in [0.2, 0.25) is 0 Å². The molecule has 0 heterocycles. The minimum absolute atomic E-state index is 0.00543. The largest absolute Gasteiger partial charge is 0.481 e. The Kier molecular flexibility index (Phi) is 33.2. The fraction of sp³-hybridized carbons (Fsp3) is 0.926. The zero-order chi connectivity index (χ0) is 29.2. The average molecular weight is 602 g/mol. The summed E-state index contributed by atoms with van der Waals surface area (Å²) >= 11 is 5.64. The molecule has 2 N–H and O–H groups in total. The van der Waals surface area contributed by atoms with Gasteiger partial charge >= 0.3 is 5.97 Å². The van der Waals surface area contributed by atoms with Crippen molar-refractivity contribution in [3.8, 4) is 0 Å². The Morgan fingerprint density at radius 3 is 1.20 bits per heavy atom. The van der Waals surface area contributed by atoms with E-state index in [2.05, 4.69) is 5.32 Å². The van der Waals surface area contributed by atoms with Crippen LogP contribution in [0.25, 0.3) is 0 Å². The number of ether oxygens (including phenoxy) is 8. The summed E-state index contributed by atoms with van der Waals surface area (Å²) in [6, 6.07) is 0. The zero-order valence-corrected chi connectivity index (χ0v) is 24.8. The molecule has 238 valence electrons. The molecule has 0 saturated carbocycles. The quantitative estimate of drug-likeness (QED) is 0.0829. The topological polar surface area (TPSA) is 140 Å². The maximum Gasteiger partial charge on any atom is 0.303 e. The van der Waals surface area contributed by atoms with Gasteiger partial charge < -0.3 is 48.3 Å². The molecular formula is C27H52ClNO11. The monoisotopic (exact) mass is 601 g/mol. The lowest BCUT2D eigenvalue weighted by atomic mass is 10.2. The second-order valence-electron chi connectivity index (χ2n) is 8.60. The summed E-state index contributed by atoms with van der Waals surface area (Å²) in [4.78, 5) is 21.7. The number of rotatable bonds is 34. The Morgan fingerprint density at radius 2 is 0.825 bits per heavy atom. The molecule has 0 unspecified atom stereocenters. The number of hydrogen-bond donors (Lipinski definition) is 2. The third-order valence-electron chi connectivity index (χ3n) is 5.13. The van der Waals surface area contributed by atoms with Crippen molar-refractivity contribution >= 4 is 23.5 Å². The van der Waals surface area contributed by atoms with Gasteiger partial charge in [0.2, 0.25) is 5.91 Å². The number of aliphatic carboxylic acids is 1. The number of carbonyl (C=O) groups is 2. The highest BCUT2D eigenvalue weighted by molar-refractivity contribution is 6.17. The highest BCUT2D eigenvalue weighted by Gasteiger charge is 2.04. The maximum absolute atomic E-state index is 11.3. The minimum atomic E-state index is -0.979. The standard InChI is InChI=1S/C27H52ClNO11/c28-8-3-1-2-4-10-33-12-14-35-16-18-37-20-22-39-24-25-40-23-21-38-19-17-36-15-13-34-11-5-9-29-26(30)6-7-27(31)32/h1-25H2,(H,29,30)(H,31,32). The van der Waals surface area contributed by atoms with E-state index in [4.69, 9.17) is 54.6 Å². The van der Waals surface area contributed by atoms with Gasteiger partial charge in [0.1, 0.15) is 0 Å². The van der Waals surface area contributed by atoms with Gasteiger partial charge in [-0.2, -0.15) is 0 Å². The van der Waals surface area contributed by atoms with E-state index in [0.717, 1.165) is 31.7 Å². The number of carbonyl (C=O) groups excluding carboxylic acids is 1. The molecule has 0 aromatic heterocycles. The molecule has 0 aliphatic carbocycles. The van der Waals surface area contributed by atoms with E-state index in [1.807, 2.05) is 0 Å². The average Bonchev–Trinajstić information content (AvgIpc) is 2.94. The minimum Gasteiger partial charge on any atom is -0.481 e. The number of halogens is 1. The van der Waals surface area contributed by atoms with Crippen molar-refractivity contribution in [3.63, 3.8) is 0 Å². The molecule has 0 aromatic carbocycles. The number of carboxylic acids is 1. The van der Waals surface area contributed by atoms with E-state index < -0.39 is 5.97 Å². The molecule has 0 atom stereocenters. The predicted octanol–water partition coefficient (Wildman–Crippen LogP) is 2.29. The highest BCUT2D eigenvalue weighted by atomic mass is 35.5. The van der Waals surface area contributed by atoms with Gasteiger partial charge in [0, 0.05) is 32.1 Å². The van der Waals surface area contributed by atoms with Gasteiger partial charge in [0.05, 0.1) is 98.9 Å². The van der Waals surface area contributed by atoms with Crippen LogP contribution in [-0.4, -0.2) is 135 Å². The first-order valence-electron chi connectivity index (χ1n) is 14.3. The third kappa shape index (κ3) is 34.9. The van der Waals surface area contributed by atoms with Crippen LogP contribution >= 0.6 is 11.6 Å². The van der Waals surface area contributed by atoms with Gasteiger partial charge in [-0.25, -0.2) is 0 Å². The number of nitrogens with one attached hydrogen (secondary N) is 1. The number of hydrogen-bond acceptors (Lipinski definition) is 10. The van der Waals surface area contributed by atoms with Crippen LogP contribution in [-0.2, 0) is 47.5 Å².